The van der Waals surface area contributed by atoms with E-state index in [0.717, 1.165) is 17.9 Å². The second-order valence-electron chi connectivity index (χ2n) is 4.23. The first-order valence-electron chi connectivity index (χ1n) is 5.94. The summed E-state index contributed by atoms with van der Waals surface area (Å²) in [7, 11) is 1.70. The molecule has 3 nitrogen and oxygen atoms in total. The van der Waals surface area contributed by atoms with Crippen LogP contribution in [-0.2, 0) is 17.9 Å². The summed E-state index contributed by atoms with van der Waals surface area (Å²) in [5, 5.41) is 3.37. The Kier molecular flexibility index (Phi) is 4.20. The highest BCUT2D eigenvalue weighted by molar-refractivity contribution is 5.46. The maximum absolute atomic E-state index is 5.65. The van der Waals surface area contributed by atoms with Gasteiger partial charge >= 0.3 is 0 Å². The molecule has 0 amide bonds. The van der Waals surface area contributed by atoms with Crippen LogP contribution in [0.15, 0.2) is 48.5 Å². The third-order valence-corrected chi connectivity index (χ3v) is 2.74. The summed E-state index contributed by atoms with van der Waals surface area (Å²) in [6, 6.07) is 16.1. The average Bonchev–Trinajstić information content (AvgIpc) is 2.40. The first-order chi connectivity index (χ1) is 8.78. The van der Waals surface area contributed by atoms with Crippen molar-refractivity contribution in [3.05, 3.63) is 59.7 Å². The molecule has 0 aromatic heterocycles. The van der Waals surface area contributed by atoms with E-state index in [1.54, 1.807) is 7.11 Å². The minimum absolute atomic E-state index is 0.651. The minimum atomic E-state index is 0.651. The fourth-order valence-electron chi connectivity index (χ4n) is 1.73. The molecule has 0 saturated heterocycles. The molecule has 0 fully saturated rings. The van der Waals surface area contributed by atoms with Gasteiger partial charge in [-0.05, 0) is 35.4 Å². The Labute approximate surface area is 108 Å². The van der Waals surface area contributed by atoms with E-state index >= 15 is 0 Å². The molecular formula is C15H18N2O. The van der Waals surface area contributed by atoms with E-state index in [0.29, 0.717) is 6.61 Å². The minimum Gasteiger partial charge on any atom is -0.399 e. The third-order valence-electron chi connectivity index (χ3n) is 2.74. The van der Waals surface area contributed by atoms with Crippen molar-refractivity contribution in [2.45, 2.75) is 13.2 Å². The molecule has 0 aliphatic carbocycles. The van der Waals surface area contributed by atoms with Crippen LogP contribution in [0.2, 0.25) is 0 Å². The van der Waals surface area contributed by atoms with E-state index in [4.69, 9.17) is 10.5 Å². The Balaban J connectivity index is 1.91. The molecule has 0 radical (unpaired) electrons. The monoisotopic (exact) mass is 242 g/mol. The summed E-state index contributed by atoms with van der Waals surface area (Å²) in [6.07, 6.45) is 0. The maximum Gasteiger partial charge on any atom is 0.0713 e. The summed E-state index contributed by atoms with van der Waals surface area (Å²) in [5.41, 5.74) is 9.93. The first kappa shape index (κ1) is 12.5. The lowest BCUT2D eigenvalue weighted by atomic mass is 10.2. The molecule has 0 atom stereocenters. The van der Waals surface area contributed by atoms with E-state index in [9.17, 15) is 0 Å². The molecule has 3 N–H and O–H groups in total. The lowest BCUT2D eigenvalue weighted by molar-refractivity contribution is 0.185. The van der Waals surface area contributed by atoms with Gasteiger partial charge in [0.25, 0.3) is 0 Å². The van der Waals surface area contributed by atoms with Crippen LogP contribution in [0.3, 0.4) is 0 Å². The zero-order valence-electron chi connectivity index (χ0n) is 10.5. The molecule has 2 aromatic carbocycles. The summed E-state index contributed by atoms with van der Waals surface area (Å²) < 4.78 is 5.08. The predicted molar refractivity (Wildman–Crippen MR) is 75.3 cm³/mol. The number of ether oxygens (including phenoxy) is 1. The van der Waals surface area contributed by atoms with E-state index in [-0.39, 0.29) is 0 Å². The van der Waals surface area contributed by atoms with Gasteiger partial charge < -0.3 is 15.8 Å². The summed E-state index contributed by atoms with van der Waals surface area (Å²) in [4.78, 5) is 0. The number of anilines is 2. The topological polar surface area (TPSA) is 47.3 Å². The lowest BCUT2D eigenvalue weighted by Gasteiger charge is -2.07. The van der Waals surface area contributed by atoms with Crippen molar-refractivity contribution in [2.24, 2.45) is 0 Å². The van der Waals surface area contributed by atoms with Crippen LogP contribution in [0.1, 0.15) is 11.1 Å². The lowest BCUT2D eigenvalue weighted by Crippen LogP contribution is -1.99. The normalized spacial score (nSPS) is 10.3. The molecule has 3 heteroatoms. The van der Waals surface area contributed by atoms with Crippen LogP contribution < -0.4 is 11.1 Å². The van der Waals surface area contributed by atoms with Crippen molar-refractivity contribution in [2.75, 3.05) is 18.2 Å². The van der Waals surface area contributed by atoms with E-state index in [2.05, 4.69) is 29.6 Å². The molecule has 2 rings (SSSR count). The summed E-state index contributed by atoms with van der Waals surface area (Å²) in [5.74, 6) is 0. The number of rotatable bonds is 5. The SMILES string of the molecule is COCc1ccc(NCc2ccc(N)cc2)cc1. The molecule has 0 aliphatic rings. The molecule has 18 heavy (non-hydrogen) atoms. The molecule has 94 valence electrons. The van der Waals surface area contributed by atoms with Gasteiger partial charge in [0.05, 0.1) is 6.61 Å². The molecule has 2 aromatic rings. The molecule has 0 unspecified atom stereocenters. The largest absolute Gasteiger partial charge is 0.399 e. The smallest absolute Gasteiger partial charge is 0.0713 e. The van der Waals surface area contributed by atoms with Gasteiger partial charge in [-0.25, -0.2) is 0 Å². The number of nitrogens with one attached hydrogen (secondary N) is 1. The van der Waals surface area contributed by atoms with Crippen molar-refractivity contribution in [3.8, 4) is 0 Å². The van der Waals surface area contributed by atoms with Gasteiger partial charge in [-0.3, -0.25) is 0 Å². The maximum atomic E-state index is 5.65. The van der Waals surface area contributed by atoms with Crippen molar-refractivity contribution < 1.29 is 4.74 Å². The third kappa shape index (κ3) is 3.50. The summed E-state index contributed by atoms with van der Waals surface area (Å²) >= 11 is 0. The predicted octanol–water partition coefficient (Wildman–Crippen LogP) is 3.03. The van der Waals surface area contributed by atoms with Crippen LogP contribution in [0.25, 0.3) is 0 Å². The number of nitrogens with two attached hydrogens (primary N) is 1. The van der Waals surface area contributed by atoms with Crippen LogP contribution in [0.4, 0.5) is 11.4 Å². The van der Waals surface area contributed by atoms with E-state index < -0.39 is 0 Å². The van der Waals surface area contributed by atoms with Crippen LogP contribution in [-0.4, -0.2) is 7.11 Å². The zero-order valence-corrected chi connectivity index (χ0v) is 10.5. The molecule has 0 heterocycles. The van der Waals surface area contributed by atoms with Gasteiger partial charge in [0, 0.05) is 25.0 Å². The van der Waals surface area contributed by atoms with Crippen LogP contribution in [0.5, 0.6) is 0 Å². The summed E-state index contributed by atoms with van der Waals surface area (Å²) in [6.45, 7) is 1.45. The highest BCUT2D eigenvalue weighted by atomic mass is 16.5. The first-order valence-corrected chi connectivity index (χ1v) is 5.94. The number of hydrogen-bond acceptors (Lipinski definition) is 3. The zero-order chi connectivity index (χ0) is 12.8. The van der Waals surface area contributed by atoms with E-state index in [1.165, 1.54) is 11.1 Å². The van der Waals surface area contributed by atoms with Gasteiger partial charge in [0.15, 0.2) is 0 Å². The number of benzene rings is 2. The highest BCUT2D eigenvalue weighted by Gasteiger charge is 1.95. The number of hydrogen-bond donors (Lipinski definition) is 2. The Morgan fingerprint density at radius 1 is 0.944 bits per heavy atom. The Morgan fingerprint density at radius 3 is 2.17 bits per heavy atom. The van der Waals surface area contributed by atoms with Crippen molar-refractivity contribution in [1.82, 2.24) is 0 Å². The van der Waals surface area contributed by atoms with Crippen molar-refractivity contribution in [1.29, 1.82) is 0 Å². The fraction of sp³-hybridized carbons (Fsp3) is 0.200. The van der Waals surface area contributed by atoms with Crippen molar-refractivity contribution >= 4 is 11.4 Å². The fourth-order valence-corrected chi connectivity index (χ4v) is 1.73. The molecule has 0 bridgehead atoms. The molecular weight excluding hydrogens is 224 g/mol. The highest BCUT2D eigenvalue weighted by Crippen LogP contribution is 2.12. The van der Waals surface area contributed by atoms with E-state index in [1.807, 2.05) is 24.3 Å². The van der Waals surface area contributed by atoms with Crippen LogP contribution in [0, 0.1) is 0 Å². The van der Waals surface area contributed by atoms with Gasteiger partial charge in [0.2, 0.25) is 0 Å². The Morgan fingerprint density at radius 2 is 1.56 bits per heavy atom. The second kappa shape index (κ2) is 6.07. The van der Waals surface area contributed by atoms with Crippen molar-refractivity contribution in [3.63, 3.8) is 0 Å². The Hall–Kier alpha value is -2.00. The van der Waals surface area contributed by atoms with Gasteiger partial charge in [-0.1, -0.05) is 24.3 Å². The van der Waals surface area contributed by atoms with Crippen LogP contribution >= 0.6 is 0 Å². The van der Waals surface area contributed by atoms with Gasteiger partial charge in [0.1, 0.15) is 0 Å². The number of methoxy groups -OCH3 is 1. The van der Waals surface area contributed by atoms with Gasteiger partial charge in [-0.15, -0.1) is 0 Å². The van der Waals surface area contributed by atoms with Gasteiger partial charge in [-0.2, -0.15) is 0 Å². The molecule has 0 saturated carbocycles. The average molecular weight is 242 g/mol. The number of nitrogen functional groups attached to an aromatic ring is 1. The molecule has 0 spiro atoms. The molecule has 0 aliphatic heterocycles. The second-order valence-corrected chi connectivity index (χ2v) is 4.23. The quantitative estimate of drug-likeness (QED) is 0.792. The Bertz CT molecular complexity index is 477. The standard InChI is InChI=1S/C15H18N2O/c1-18-11-13-4-8-15(9-5-13)17-10-12-2-6-14(16)7-3-12/h2-9,17H,10-11,16H2,1H3.